The van der Waals surface area contributed by atoms with Crippen LogP contribution < -0.4 is 5.32 Å². The van der Waals surface area contributed by atoms with Crippen molar-refractivity contribution in [2.75, 3.05) is 19.6 Å². The lowest BCUT2D eigenvalue weighted by Crippen LogP contribution is -2.39. The van der Waals surface area contributed by atoms with Crippen molar-refractivity contribution in [2.45, 2.75) is 25.8 Å². The van der Waals surface area contributed by atoms with E-state index in [1.165, 1.54) is 12.5 Å². The van der Waals surface area contributed by atoms with Crippen molar-refractivity contribution in [3.8, 4) is 0 Å². The van der Waals surface area contributed by atoms with Crippen LogP contribution in [0.2, 0.25) is 0 Å². The molecule has 1 saturated heterocycles. The normalized spacial score (nSPS) is 19.5. The van der Waals surface area contributed by atoms with E-state index >= 15 is 0 Å². The molecular formula is C13H18N2O3S. The molecule has 1 aromatic rings. The van der Waals surface area contributed by atoms with Gasteiger partial charge in [-0.05, 0) is 38.1 Å². The van der Waals surface area contributed by atoms with E-state index in [2.05, 4.69) is 17.1 Å². The summed E-state index contributed by atoms with van der Waals surface area (Å²) in [5, 5.41) is 11.7. The number of hydrogen-bond donors (Lipinski definition) is 2. The highest BCUT2D eigenvalue weighted by Gasteiger charge is 2.23. The third kappa shape index (κ3) is 3.33. The van der Waals surface area contributed by atoms with E-state index in [0.29, 0.717) is 17.5 Å². The zero-order valence-electron chi connectivity index (χ0n) is 10.9. The lowest BCUT2D eigenvalue weighted by atomic mass is 10.2. The molecule has 5 nitrogen and oxygen atoms in total. The first-order chi connectivity index (χ1) is 9.11. The molecule has 1 aromatic heterocycles. The van der Waals surface area contributed by atoms with Gasteiger partial charge in [-0.15, -0.1) is 11.3 Å². The maximum Gasteiger partial charge on any atom is 0.345 e. The van der Waals surface area contributed by atoms with Crippen LogP contribution in [0.25, 0.3) is 0 Å². The molecule has 0 bridgehead atoms. The van der Waals surface area contributed by atoms with Crippen molar-refractivity contribution < 1.29 is 14.7 Å². The topological polar surface area (TPSA) is 69.6 Å². The number of amides is 1. The van der Waals surface area contributed by atoms with Crippen LogP contribution in [0.5, 0.6) is 0 Å². The van der Waals surface area contributed by atoms with Crippen LogP contribution in [0.15, 0.2) is 12.1 Å². The third-order valence-corrected chi connectivity index (χ3v) is 4.52. The van der Waals surface area contributed by atoms with Crippen molar-refractivity contribution >= 4 is 23.2 Å². The fraction of sp³-hybridized carbons (Fsp3) is 0.538. The number of rotatable bonds is 5. The molecule has 2 heterocycles. The highest BCUT2D eigenvalue weighted by atomic mass is 32.1. The second-order valence-electron chi connectivity index (χ2n) is 4.60. The van der Waals surface area contributed by atoms with E-state index in [0.717, 1.165) is 30.8 Å². The van der Waals surface area contributed by atoms with Crippen LogP contribution >= 0.6 is 11.3 Å². The van der Waals surface area contributed by atoms with Gasteiger partial charge in [0, 0.05) is 12.6 Å². The number of aromatic carboxylic acids is 1. The summed E-state index contributed by atoms with van der Waals surface area (Å²) < 4.78 is 0. The van der Waals surface area contributed by atoms with Gasteiger partial charge in [0.15, 0.2) is 0 Å². The average Bonchev–Trinajstić information content (AvgIpc) is 3.04. The Morgan fingerprint density at radius 3 is 2.84 bits per heavy atom. The SMILES string of the molecule is CCN1CCCC1CNC(=O)c1ccc(C(=O)O)s1. The van der Waals surface area contributed by atoms with Gasteiger partial charge in [0.1, 0.15) is 4.88 Å². The number of carbonyl (C=O) groups excluding carboxylic acids is 1. The van der Waals surface area contributed by atoms with Crippen molar-refractivity contribution in [1.82, 2.24) is 10.2 Å². The highest BCUT2D eigenvalue weighted by Crippen LogP contribution is 2.18. The van der Waals surface area contributed by atoms with Crippen LogP contribution in [-0.2, 0) is 0 Å². The predicted molar refractivity (Wildman–Crippen MR) is 73.9 cm³/mol. The summed E-state index contributed by atoms with van der Waals surface area (Å²) in [7, 11) is 0. The Morgan fingerprint density at radius 2 is 2.21 bits per heavy atom. The molecule has 104 valence electrons. The Balaban J connectivity index is 1.88. The summed E-state index contributed by atoms with van der Waals surface area (Å²) in [5.41, 5.74) is 0. The van der Waals surface area contributed by atoms with Gasteiger partial charge in [0.05, 0.1) is 4.88 Å². The molecule has 0 aromatic carbocycles. The zero-order chi connectivity index (χ0) is 13.8. The number of hydrogen-bond acceptors (Lipinski definition) is 4. The van der Waals surface area contributed by atoms with Gasteiger partial charge in [-0.3, -0.25) is 9.69 Å². The molecule has 1 fully saturated rings. The van der Waals surface area contributed by atoms with Crippen molar-refractivity contribution in [1.29, 1.82) is 0 Å². The van der Waals surface area contributed by atoms with Gasteiger partial charge in [-0.2, -0.15) is 0 Å². The quantitative estimate of drug-likeness (QED) is 0.861. The molecule has 0 radical (unpaired) electrons. The van der Waals surface area contributed by atoms with E-state index in [9.17, 15) is 9.59 Å². The van der Waals surface area contributed by atoms with Crippen molar-refractivity contribution in [3.05, 3.63) is 21.9 Å². The molecule has 1 atom stereocenters. The first-order valence-electron chi connectivity index (χ1n) is 6.47. The molecule has 1 unspecified atom stereocenters. The number of likely N-dealkylation sites (N-methyl/N-ethyl adjacent to an activating group) is 1. The molecule has 0 saturated carbocycles. The van der Waals surface area contributed by atoms with Crippen LogP contribution in [-0.4, -0.2) is 47.6 Å². The van der Waals surface area contributed by atoms with E-state index < -0.39 is 5.97 Å². The van der Waals surface area contributed by atoms with Gasteiger partial charge in [0.2, 0.25) is 0 Å². The molecule has 6 heteroatoms. The molecule has 0 aliphatic carbocycles. The summed E-state index contributed by atoms with van der Waals surface area (Å²) in [6, 6.07) is 3.44. The van der Waals surface area contributed by atoms with Crippen LogP contribution in [0.1, 0.15) is 39.1 Å². The van der Waals surface area contributed by atoms with Crippen molar-refractivity contribution in [3.63, 3.8) is 0 Å². The first-order valence-corrected chi connectivity index (χ1v) is 7.29. The molecule has 1 aliphatic heterocycles. The first kappa shape index (κ1) is 14.0. The minimum Gasteiger partial charge on any atom is -0.477 e. The Morgan fingerprint density at radius 1 is 1.47 bits per heavy atom. The number of carbonyl (C=O) groups is 2. The Labute approximate surface area is 116 Å². The number of thiophene rings is 1. The largest absolute Gasteiger partial charge is 0.477 e. The van der Waals surface area contributed by atoms with Gasteiger partial charge < -0.3 is 10.4 Å². The summed E-state index contributed by atoms with van der Waals surface area (Å²) in [4.78, 5) is 25.7. The second kappa shape index (κ2) is 6.16. The molecule has 2 rings (SSSR count). The minimum atomic E-state index is -0.989. The van der Waals surface area contributed by atoms with E-state index in [1.54, 1.807) is 6.07 Å². The second-order valence-corrected chi connectivity index (χ2v) is 5.69. The van der Waals surface area contributed by atoms with Crippen LogP contribution in [0, 0.1) is 0 Å². The zero-order valence-corrected chi connectivity index (χ0v) is 11.7. The van der Waals surface area contributed by atoms with Crippen LogP contribution in [0.3, 0.4) is 0 Å². The molecular weight excluding hydrogens is 264 g/mol. The Hall–Kier alpha value is -1.40. The summed E-state index contributed by atoms with van der Waals surface area (Å²) in [6.07, 6.45) is 2.29. The average molecular weight is 282 g/mol. The monoisotopic (exact) mass is 282 g/mol. The van der Waals surface area contributed by atoms with E-state index in [4.69, 9.17) is 5.11 Å². The fourth-order valence-corrected chi connectivity index (χ4v) is 3.18. The van der Waals surface area contributed by atoms with Gasteiger partial charge >= 0.3 is 5.97 Å². The number of likely N-dealkylation sites (tertiary alicyclic amines) is 1. The van der Waals surface area contributed by atoms with E-state index in [-0.39, 0.29) is 10.8 Å². The number of carboxylic acid groups (broad SMARTS) is 1. The van der Waals surface area contributed by atoms with Gasteiger partial charge in [-0.1, -0.05) is 6.92 Å². The predicted octanol–water partition coefficient (Wildman–Crippen LogP) is 1.66. The Bertz CT molecular complexity index is 472. The van der Waals surface area contributed by atoms with Crippen molar-refractivity contribution in [2.24, 2.45) is 0 Å². The third-order valence-electron chi connectivity index (χ3n) is 3.44. The Kier molecular flexibility index (Phi) is 4.55. The van der Waals surface area contributed by atoms with Crippen LogP contribution in [0.4, 0.5) is 0 Å². The van der Waals surface area contributed by atoms with Gasteiger partial charge in [-0.25, -0.2) is 4.79 Å². The smallest absolute Gasteiger partial charge is 0.345 e. The number of nitrogens with one attached hydrogen (secondary N) is 1. The summed E-state index contributed by atoms with van der Waals surface area (Å²) >= 11 is 1.01. The van der Waals surface area contributed by atoms with E-state index in [1.807, 2.05) is 0 Å². The van der Waals surface area contributed by atoms with Gasteiger partial charge in [0.25, 0.3) is 5.91 Å². The lowest BCUT2D eigenvalue weighted by molar-refractivity contribution is 0.0702. The molecule has 2 N–H and O–H groups in total. The maximum atomic E-state index is 11.9. The molecule has 19 heavy (non-hydrogen) atoms. The number of carboxylic acids is 1. The highest BCUT2D eigenvalue weighted by molar-refractivity contribution is 7.15. The maximum absolute atomic E-state index is 11.9. The lowest BCUT2D eigenvalue weighted by Gasteiger charge is -2.22. The minimum absolute atomic E-state index is 0.180. The molecule has 1 amide bonds. The standard InChI is InChI=1S/C13H18N2O3S/c1-2-15-7-3-4-9(15)8-14-12(16)10-5-6-11(19-10)13(17)18/h5-6,9H,2-4,7-8H2,1H3,(H,14,16)(H,17,18). The summed E-state index contributed by atoms with van der Waals surface area (Å²) in [5.74, 6) is -1.17. The fourth-order valence-electron chi connectivity index (χ4n) is 2.42. The molecule has 0 spiro atoms. The summed E-state index contributed by atoms with van der Waals surface area (Å²) in [6.45, 7) is 4.85. The molecule has 1 aliphatic rings. The number of nitrogens with zero attached hydrogens (tertiary/aromatic N) is 1.